The van der Waals surface area contributed by atoms with Crippen LogP contribution in [-0.4, -0.2) is 7.05 Å². The van der Waals surface area contributed by atoms with E-state index in [0.717, 1.165) is 5.69 Å². The van der Waals surface area contributed by atoms with Crippen LogP contribution in [-0.2, 0) is 0 Å². The first kappa shape index (κ1) is 12.3. The third-order valence-electron chi connectivity index (χ3n) is 2.26. The zero-order chi connectivity index (χ0) is 11.8. The summed E-state index contributed by atoms with van der Waals surface area (Å²) >= 11 is 0. The highest BCUT2D eigenvalue weighted by molar-refractivity contribution is 5.67. The van der Waals surface area contributed by atoms with Crippen LogP contribution >= 0.6 is 0 Å². The molecule has 2 aromatic rings. The zero-order valence-corrected chi connectivity index (χ0v) is 10.2. The number of nitrogens with one attached hydrogen (secondary N) is 1. The van der Waals surface area contributed by atoms with Crippen molar-refractivity contribution in [1.29, 1.82) is 0 Å². The minimum atomic E-state index is 1.14. The molecule has 0 amide bonds. The molecule has 1 nitrogen and oxygen atoms in total. The van der Waals surface area contributed by atoms with Gasteiger partial charge in [0.1, 0.15) is 0 Å². The minimum Gasteiger partial charge on any atom is -0.388 e. The summed E-state index contributed by atoms with van der Waals surface area (Å²) in [6.45, 7) is 4.00. The van der Waals surface area contributed by atoms with E-state index >= 15 is 0 Å². The predicted octanol–water partition coefficient (Wildman–Crippen LogP) is 4.42. The maximum atomic E-state index is 3.14. The van der Waals surface area contributed by atoms with Crippen LogP contribution in [0.5, 0.6) is 0 Å². The van der Waals surface area contributed by atoms with Crippen LogP contribution in [0.2, 0.25) is 0 Å². The standard InChI is InChI=1S/C13H13N.C2H6/c1-14-13-9-5-8-12(10-13)11-6-3-2-4-7-11;1-2/h2-10,14H,1H3;1-2H3. The van der Waals surface area contributed by atoms with Gasteiger partial charge in [-0.3, -0.25) is 0 Å². The molecule has 0 unspecified atom stereocenters. The maximum Gasteiger partial charge on any atom is 0.0343 e. The largest absolute Gasteiger partial charge is 0.388 e. The molecular formula is C15H19N. The van der Waals surface area contributed by atoms with Gasteiger partial charge in [-0.1, -0.05) is 56.3 Å². The van der Waals surface area contributed by atoms with Gasteiger partial charge >= 0.3 is 0 Å². The van der Waals surface area contributed by atoms with Crippen molar-refractivity contribution in [3.63, 3.8) is 0 Å². The van der Waals surface area contributed by atoms with Crippen LogP contribution in [0.15, 0.2) is 54.6 Å². The Morgan fingerprint density at radius 2 is 1.38 bits per heavy atom. The summed E-state index contributed by atoms with van der Waals surface area (Å²) in [5.74, 6) is 0. The highest BCUT2D eigenvalue weighted by Crippen LogP contribution is 2.21. The van der Waals surface area contributed by atoms with Gasteiger partial charge in [0, 0.05) is 12.7 Å². The lowest BCUT2D eigenvalue weighted by atomic mass is 10.1. The van der Waals surface area contributed by atoms with Crippen molar-refractivity contribution < 1.29 is 0 Å². The summed E-state index contributed by atoms with van der Waals surface area (Å²) in [7, 11) is 1.93. The monoisotopic (exact) mass is 213 g/mol. The third-order valence-corrected chi connectivity index (χ3v) is 2.26. The van der Waals surface area contributed by atoms with E-state index in [2.05, 4.69) is 53.8 Å². The van der Waals surface area contributed by atoms with Gasteiger partial charge in [0.25, 0.3) is 0 Å². The van der Waals surface area contributed by atoms with Crippen LogP contribution in [0.25, 0.3) is 11.1 Å². The molecule has 0 aromatic heterocycles. The Hall–Kier alpha value is -1.76. The summed E-state index contributed by atoms with van der Waals surface area (Å²) in [5, 5.41) is 3.14. The maximum absolute atomic E-state index is 3.14. The second-order valence-corrected chi connectivity index (χ2v) is 3.20. The van der Waals surface area contributed by atoms with Crippen LogP contribution in [0.1, 0.15) is 13.8 Å². The lowest BCUT2D eigenvalue weighted by Crippen LogP contribution is -1.87. The molecule has 2 rings (SSSR count). The molecule has 0 aliphatic rings. The van der Waals surface area contributed by atoms with E-state index in [0.29, 0.717) is 0 Å². The van der Waals surface area contributed by atoms with E-state index in [1.54, 1.807) is 0 Å². The Labute approximate surface area is 98.1 Å². The smallest absolute Gasteiger partial charge is 0.0343 e. The van der Waals surface area contributed by atoms with Crippen LogP contribution in [0, 0.1) is 0 Å². The second-order valence-electron chi connectivity index (χ2n) is 3.20. The molecule has 0 aliphatic heterocycles. The van der Waals surface area contributed by atoms with E-state index in [9.17, 15) is 0 Å². The minimum absolute atomic E-state index is 1.14. The zero-order valence-electron chi connectivity index (χ0n) is 10.2. The topological polar surface area (TPSA) is 12.0 Å². The lowest BCUT2D eigenvalue weighted by Gasteiger charge is -2.04. The van der Waals surface area contributed by atoms with Crippen LogP contribution < -0.4 is 5.32 Å². The molecule has 0 aliphatic carbocycles. The molecule has 0 saturated heterocycles. The van der Waals surface area contributed by atoms with Crippen LogP contribution in [0.4, 0.5) is 5.69 Å². The summed E-state index contributed by atoms with van der Waals surface area (Å²) in [5.41, 5.74) is 3.65. The number of anilines is 1. The van der Waals surface area contributed by atoms with Crippen molar-refractivity contribution in [3.05, 3.63) is 54.6 Å². The molecule has 16 heavy (non-hydrogen) atoms. The number of hydrogen-bond donors (Lipinski definition) is 1. The van der Waals surface area contributed by atoms with E-state index < -0.39 is 0 Å². The number of rotatable bonds is 2. The average Bonchev–Trinajstić information content (AvgIpc) is 2.42. The van der Waals surface area contributed by atoms with Crippen molar-refractivity contribution in [1.82, 2.24) is 0 Å². The fourth-order valence-corrected chi connectivity index (χ4v) is 1.48. The molecule has 0 bridgehead atoms. The predicted molar refractivity (Wildman–Crippen MR) is 72.8 cm³/mol. The molecule has 0 fully saturated rings. The molecule has 0 heterocycles. The van der Waals surface area contributed by atoms with Crippen LogP contribution in [0.3, 0.4) is 0 Å². The number of hydrogen-bond acceptors (Lipinski definition) is 1. The average molecular weight is 213 g/mol. The van der Waals surface area contributed by atoms with Gasteiger partial charge in [0.05, 0.1) is 0 Å². The fraction of sp³-hybridized carbons (Fsp3) is 0.200. The first-order valence-electron chi connectivity index (χ1n) is 5.73. The Kier molecular flexibility index (Phi) is 5.13. The first-order valence-corrected chi connectivity index (χ1v) is 5.73. The summed E-state index contributed by atoms with van der Waals surface area (Å²) < 4.78 is 0. The highest BCUT2D eigenvalue weighted by atomic mass is 14.8. The molecule has 2 aromatic carbocycles. The van der Waals surface area contributed by atoms with Gasteiger partial charge in [-0.2, -0.15) is 0 Å². The molecule has 0 spiro atoms. The Morgan fingerprint density at radius 3 is 2.00 bits per heavy atom. The van der Waals surface area contributed by atoms with Crippen molar-refractivity contribution >= 4 is 5.69 Å². The normalized spacial score (nSPS) is 8.94. The first-order chi connectivity index (χ1) is 7.90. The van der Waals surface area contributed by atoms with E-state index in [1.165, 1.54) is 11.1 Å². The Morgan fingerprint density at radius 1 is 0.750 bits per heavy atom. The summed E-state index contributed by atoms with van der Waals surface area (Å²) in [6, 6.07) is 18.8. The molecule has 1 N–H and O–H groups in total. The Bertz CT molecular complexity index is 407. The van der Waals surface area contributed by atoms with Crippen molar-refractivity contribution in [2.45, 2.75) is 13.8 Å². The van der Waals surface area contributed by atoms with E-state index in [1.807, 2.05) is 27.0 Å². The fourth-order valence-electron chi connectivity index (χ4n) is 1.48. The summed E-state index contributed by atoms with van der Waals surface area (Å²) in [6.07, 6.45) is 0. The van der Waals surface area contributed by atoms with Gasteiger partial charge in [-0.25, -0.2) is 0 Å². The van der Waals surface area contributed by atoms with Gasteiger partial charge in [0.2, 0.25) is 0 Å². The third kappa shape index (κ3) is 3.13. The van der Waals surface area contributed by atoms with Crippen molar-refractivity contribution in [2.24, 2.45) is 0 Å². The van der Waals surface area contributed by atoms with Crippen molar-refractivity contribution in [3.8, 4) is 11.1 Å². The van der Waals surface area contributed by atoms with Gasteiger partial charge in [-0.15, -0.1) is 0 Å². The quantitative estimate of drug-likeness (QED) is 0.778. The van der Waals surface area contributed by atoms with E-state index in [-0.39, 0.29) is 0 Å². The van der Waals surface area contributed by atoms with E-state index in [4.69, 9.17) is 0 Å². The molecular weight excluding hydrogens is 194 g/mol. The molecule has 1 heteroatoms. The van der Waals surface area contributed by atoms with Gasteiger partial charge < -0.3 is 5.32 Å². The van der Waals surface area contributed by atoms with Gasteiger partial charge in [-0.05, 0) is 23.3 Å². The molecule has 0 radical (unpaired) electrons. The summed E-state index contributed by atoms with van der Waals surface area (Å²) in [4.78, 5) is 0. The second kappa shape index (κ2) is 6.67. The van der Waals surface area contributed by atoms with Gasteiger partial charge in [0.15, 0.2) is 0 Å². The molecule has 0 atom stereocenters. The lowest BCUT2D eigenvalue weighted by molar-refractivity contribution is 1.50. The van der Waals surface area contributed by atoms with Crippen molar-refractivity contribution in [2.75, 3.05) is 12.4 Å². The SMILES string of the molecule is CC.CNc1cccc(-c2ccccc2)c1. The highest BCUT2D eigenvalue weighted by Gasteiger charge is 1.96. The number of benzene rings is 2. The Balaban J connectivity index is 0.000000606. The molecule has 0 saturated carbocycles. The molecule has 84 valence electrons.